The molecular weight excluding hydrogens is 302 g/mol. The minimum Gasteiger partial charge on any atom is -0.493 e. The van der Waals surface area contributed by atoms with Crippen LogP contribution in [0.5, 0.6) is 5.75 Å². The number of nitrogens with one attached hydrogen (secondary N) is 1. The Morgan fingerprint density at radius 1 is 1.12 bits per heavy atom. The summed E-state index contributed by atoms with van der Waals surface area (Å²) in [5.74, 6) is 1.80. The van der Waals surface area contributed by atoms with E-state index in [4.69, 9.17) is 15.5 Å². The highest BCUT2D eigenvalue weighted by molar-refractivity contribution is 5.79. The molecule has 3 aromatic rings. The van der Waals surface area contributed by atoms with Crippen molar-refractivity contribution in [3.8, 4) is 28.3 Å². The zero-order valence-electron chi connectivity index (χ0n) is 14.3. The standard InChI is InChI=1S/C18H21N5O/c1-18(2,3)17-22-14(11-5-7-20-8-6-11)15(23-17)12-9-13(24-4)16(19)21-10-12/h5-10H,1-4H3,(H2,19,21)(H,22,23). The number of nitrogen functional groups attached to an aromatic ring is 1. The molecule has 0 fully saturated rings. The maximum Gasteiger partial charge on any atom is 0.166 e. The Labute approximate surface area is 141 Å². The monoisotopic (exact) mass is 323 g/mol. The summed E-state index contributed by atoms with van der Waals surface area (Å²) in [6, 6.07) is 5.76. The Hall–Kier alpha value is -2.89. The molecule has 6 nitrogen and oxygen atoms in total. The van der Waals surface area contributed by atoms with Crippen LogP contribution in [0.3, 0.4) is 0 Å². The molecule has 124 valence electrons. The number of pyridine rings is 2. The van der Waals surface area contributed by atoms with Gasteiger partial charge in [0.1, 0.15) is 5.82 Å². The zero-order valence-corrected chi connectivity index (χ0v) is 14.3. The van der Waals surface area contributed by atoms with E-state index in [0.29, 0.717) is 11.6 Å². The second-order valence-corrected chi connectivity index (χ2v) is 6.61. The lowest BCUT2D eigenvalue weighted by Crippen LogP contribution is -2.13. The van der Waals surface area contributed by atoms with Crippen LogP contribution in [0.4, 0.5) is 5.82 Å². The summed E-state index contributed by atoms with van der Waals surface area (Å²) >= 11 is 0. The Morgan fingerprint density at radius 2 is 1.83 bits per heavy atom. The van der Waals surface area contributed by atoms with E-state index in [2.05, 4.69) is 35.7 Å². The van der Waals surface area contributed by atoms with E-state index in [0.717, 1.165) is 28.3 Å². The van der Waals surface area contributed by atoms with Gasteiger partial charge in [-0.05, 0) is 18.2 Å². The molecule has 0 spiro atoms. The summed E-state index contributed by atoms with van der Waals surface area (Å²) in [6.07, 6.45) is 5.24. The number of methoxy groups -OCH3 is 1. The number of ether oxygens (including phenoxy) is 1. The van der Waals surface area contributed by atoms with Gasteiger partial charge in [0.2, 0.25) is 0 Å². The van der Waals surface area contributed by atoms with Crippen LogP contribution in [0.1, 0.15) is 26.6 Å². The molecule has 3 rings (SSSR count). The quantitative estimate of drug-likeness (QED) is 0.771. The number of imidazole rings is 1. The molecule has 0 aliphatic rings. The molecule has 0 saturated carbocycles. The second kappa shape index (κ2) is 5.96. The van der Waals surface area contributed by atoms with Crippen molar-refractivity contribution in [2.24, 2.45) is 0 Å². The fourth-order valence-electron chi connectivity index (χ4n) is 2.41. The number of hydrogen-bond acceptors (Lipinski definition) is 5. The van der Waals surface area contributed by atoms with Gasteiger partial charge >= 0.3 is 0 Å². The molecular formula is C18H21N5O. The SMILES string of the molecule is COc1cc(-c2nc(C(C)(C)C)[nH]c2-c2ccncc2)cnc1N. The molecule has 0 saturated heterocycles. The molecule has 0 amide bonds. The molecule has 0 atom stereocenters. The minimum absolute atomic E-state index is 0.106. The predicted molar refractivity (Wildman–Crippen MR) is 94.7 cm³/mol. The third kappa shape index (κ3) is 2.95. The summed E-state index contributed by atoms with van der Waals surface area (Å²) in [7, 11) is 1.58. The number of aromatic nitrogens is 4. The van der Waals surface area contributed by atoms with Gasteiger partial charge in [0.25, 0.3) is 0 Å². The van der Waals surface area contributed by atoms with Gasteiger partial charge in [-0.2, -0.15) is 0 Å². The highest BCUT2D eigenvalue weighted by atomic mass is 16.5. The van der Waals surface area contributed by atoms with E-state index in [1.165, 1.54) is 0 Å². The van der Waals surface area contributed by atoms with Crippen LogP contribution in [0.15, 0.2) is 36.8 Å². The Morgan fingerprint density at radius 3 is 2.46 bits per heavy atom. The van der Waals surface area contributed by atoms with Gasteiger partial charge in [-0.1, -0.05) is 20.8 Å². The Kier molecular flexibility index (Phi) is 3.97. The average molecular weight is 323 g/mol. The van der Waals surface area contributed by atoms with Crippen molar-refractivity contribution in [1.82, 2.24) is 19.9 Å². The molecule has 0 unspecified atom stereocenters. The Bertz CT molecular complexity index is 850. The van der Waals surface area contributed by atoms with Gasteiger partial charge in [-0.15, -0.1) is 0 Å². The van der Waals surface area contributed by atoms with Gasteiger partial charge in [0, 0.05) is 35.1 Å². The van der Waals surface area contributed by atoms with E-state index >= 15 is 0 Å². The van der Waals surface area contributed by atoms with Gasteiger partial charge in [-0.25, -0.2) is 9.97 Å². The molecule has 3 N–H and O–H groups in total. The van der Waals surface area contributed by atoms with Crippen LogP contribution >= 0.6 is 0 Å². The van der Waals surface area contributed by atoms with E-state index in [-0.39, 0.29) is 5.41 Å². The Balaban J connectivity index is 2.21. The van der Waals surface area contributed by atoms with Gasteiger partial charge in [0.05, 0.1) is 18.5 Å². The van der Waals surface area contributed by atoms with Gasteiger partial charge in [0.15, 0.2) is 11.6 Å². The highest BCUT2D eigenvalue weighted by Crippen LogP contribution is 2.35. The minimum atomic E-state index is -0.106. The smallest absolute Gasteiger partial charge is 0.166 e. The first kappa shape index (κ1) is 16.0. The first-order chi connectivity index (χ1) is 11.4. The average Bonchev–Trinajstić information content (AvgIpc) is 3.02. The van der Waals surface area contributed by atoms with Crippen LogP contribution in [0.25, 0.3) is 22.5 Å². The molecule has 0 aliphatic heterocycles. The zero-order chi connectivity index (χ0) is 17.3. The number of nitrogens with two attached hydrogens (primary N) is 1. The van der Waals surface area contributed by atoms with Crippen molar-refractivity contribution in [3.63, 3.8) is 0 Å². The molecule has 0 aromatic carbocycles. The number of anilines is 1. The van der Waals surface area contributed by atoms with E-state index < -0.39 is 0 Å². The number of nitrogens with zero attached hydrogens (tertiary/aromatic N) is 3. The van der Waals surface area contributed by atoms with Crippen LogP contribution in [-0.2, 0) is 5.41 Å². The van der Waals surface area contributed by atoms with Crippen molar-refractivity contribution in [2.75, 3.05) is 12.8 Å². The normalized spacial score (nSPS) is 11.5. The fourth-order valence-corrected chi connectivity index (χ4v) is 2.41. The number of hydrogen-bond donors (Lipinski definition) is 2. The molecule has 3 aromatic heterocycles. The summed E-state index contributed by atoms with van der Waals surface area (Å²) in [5, 5.41) is 0. The predicted octanol–water partition coefficient (Wildman–Crippen LogP) is 3.42. The van der Waals surface area contributed by atoms with Crippen molar-refractivity contribution in [1.29, 1.82) is 0 Å². The van der Waals surface area contributed by atoms with Crippen molar-refractivity contribution >= 4 is 5.82 Å². The summed E-state index contributed by atoms with van der Waals surface area (Å²) in [4.78, 5) is 16.6. The van der Waals surface area contributed by atoms with E-state index in [1.54, 1.807) is 25.7 Å². The third-order valence-corrected chi connectivity index (χ3v) is 3.76. The van der Waals surface area contributed by atoms with E-state index in [1.807, 2.05) is 18.2 Å². The summed E-state index contributed by atoms with van der Waals surface area (Å²) < 4.78 is 5.29. The lowest BCUT2D eigenvalue weighted by Gasteiger charge is -2.14. The largest absolute Gasteiger partial charge is 0.493 e. The first-order valence-electron chi connectivity index (χ1n) is 7.71. The van der Waals surface area contributed by atoms with Crippen LogP contribution in [-0.4, -0.2) is 27.0 Å². The van der Waals surface area contributed by atoms with Crippen molar-refractivity contribution < 1.29 is 4.74 Å². The molecule has 0 radical (unpaired) electrons. The molecule has 0 aliphatic carbocycles. The number of H-pyrrole nitrogens is 1. The fraction of sp³-hybridized carbons (Fsp3) is 0.278. The van der Waals surface area contributed by atoms with Crippen LogP contribution in [0.2, 0.25) is 0 Å². The second-order valence-electron chi connectivity index (χ2n) is 6.61. The molecule has 6 heteroatoms. The van der Waals surface area contributed by atoms with Gasteiger partial charge < -0.3 is 15.5 Å². The lowest BCUT2D eigenvalue weighted by atomic mass is 9.96. The molecule has 24 heavy (non-hydrogen) atoms. The van der Waals surface area contributed by atoms with E-state index in [9.17, 15) is 0 Å². The van der Waals surface area contributed by atoms with Crippen molar-refractivity contribution in [2.45, 2.75) is 26.2 Å². The van der Waals surface area contributed by atoms with Crippen LogP contribution in [0, 0.1) is 0 Å². The topological polar surface area (TPSA) is 89.7 Å². The van der Waals surface area contributed by atoms with Gasteiger partial charge in [-0.3, -0.25) is 4.98 Å². The maximum absolute atomic E-state index is 5.83. The summed E-state index contributed by atoms with van der Waals surface area (Å²) in [6.45, 7) is 6.36. The molecule has 3 heterocycles. The van der Waals surface area contributed by atoms with Crippen LogP contribution < -0.4 is 10.5 Å². The maximum atomic E-state index is 5.83. The molecule has 0 bridgehead atoms. The first-order valence-corrected chi connectivity index (χ1v) is 7.71. The third-order valence-electron chi connectivity index (χ3n) is 3.76. The van der Waals surface area contributed by atoms with Crippen molar-refractivity contribution in [3.05, 3.63) is 42.6 Å². The lowest BCUT2D eigenvalue weighted by molar-refractivity contribution is 0.415. The number of rotatable bonds is 3. The summed E-state index contributed by atoms with van der Waals surface area (Å²) in [5.41, 5.74) is 9.33. The highest BCUT2D eigenvalue weighted by Gasteiger charge is 2.23. The number of aromatic amines is 1.